The SMILES string of the molecule is Cc1ccc(Br)cc1-c1nc(C(C)(C)C#N)sc1C. The maximum absolute atomic E-state index is 9.23. The molecule has 0 aliphatic rings. The third kappa shape index (κ3) is 2.72. The van der Waals surface area contributed by atoms with Crippen molar-refractivity contribution in [1.29, 1.82) is 5.26 Å². The van der Waals surface area contributed by atoms with Gasteiger partial charge in [-0.15, -0.1) is 11.3 Å². The number of nitriles is 1. The molecule has 1 aromatic heterocycles. The van der Waals surface area contributed by atoms with Crippen LogP contribution in [-0.2, 0) is 5.41 Å². The van der Waals surface area contributed by atoms with E-state index in [-0.39, 0.29) is 0 Å². The van der Waals surface area contributed by atoms with Crippen LogP contribution in [0.4, 0.5) is 0 Å². The Morgan fingerprint density at radius 1 is 1.32 bits per heavy atom. The molecule has 2 aromatic rings. The van der Waals surface area contributed by atoms with Crippen molar-refractivity contribution in [1.82, 2.24) is 4.98 Å². The molecule has 0 unspecified atom stereocenters. The highest BCUT2D eigenvalue weighted by Crippen LogP contribution is 2.35. The minimum atomic E-state index is -0.534. The maximum Gasteiger partial charge on any atom is 0.113 e. The highest BCUT2D eigenvalue weighted by atomic mass is 79.9. The Bertz CT molecular complexity index is 665. The number of nitrogens with zero attached hydrogens (tertiary/aromatic N) is 2. The van der Waals surface area contributed by atoms with E-state index in [9.17, 15) is 5.26 Å². The number of aryl methyl sites for hydroxylation is 2. The first kappa shape index (κ1) is 14.2. The number of halogens is 1. The predicted octanol–water partition coefficient (Wildman–Crippen LogP) is 4.99. The third-order valence-electron chi connectivity index (χ3n) is 3.07. The van der Waals surface area contributed by atoms with Crippen LogP contribution in [0.25, 0.3) is 11.3 Å². The molecule has 0 N–H and O–H groups in total. The molecule has 0 atom stereocenters. The molecule has 19 heavy (non-hydrogen) atoms. The van der Waals surface area contributed by atoms with Crippen molar-refractivity contribution in [2.75, 3.05) is 0 Å². The van der Waals surface area contributed by atoms with Crippen LogP contribution < -0.4 is 0 Å². The minimum Gasteiger partial charge on any atom is -0.239 e. The van der Waals surface area contributed by atoms with Crippen LogP contribution in [0.3, 0.4) is 0 Å². The van der Waals surface area contributed by atoms with Gasteiger partial charge in [-0.05, 0) is 45.4 Å². The Kier molecular flexibility index (Phi) is 3.80. The maximum atomic E-state index is 9.23. The highest BCUT2D eigenvalue weighted by molar-refractivity contribution is 9.10. The van der Waals surface area contributed by atoms with Crippen LogP contribution >= 0.6 is 27.3 Å². The van der Waals surface area contributed by atoms with Gasteiger partial charge in [-0.1, -0.05) is 22.0 Å². The van der Waals surface area contributed by atoms with Gasteiger partial charge in [0.2, 0.25) is 0 Å². The fourth-order valence-corrected chi connectivity index (χ4v) is 3.15. The van der Waals surface area contributed by atoms with E-state index >= 15 is 0 Å². The Labute approximate surface area is 126 Å². The lowest BCUT2D eigenvalue weighted by molar-refractivity contribution is 0.680. The molecule has 2 nitrogen and oxygen atoms in total. The predicted molar refractivity (Wildman–Crippen MR) is 83.4 cm³/mol. The molecule has 1 aromatic carbocycles. The molecular weight excluding hydrogens is 320 g/mol. The molecule has 0 aliphatic heterocycles. The van der Waals surface area contributed by atoms with Crippen LogP contribution in [-0.4, -0.2) is 4.98 Å². The zero-order valence-electron chi connectivity index (χ0n) is 11.4. The van der Waals surface area contributed by atoms with Crippen molar-refractivity contribution in [2.45, 2.75) is 33.1 Å². The Morgan fingerprint density at radius 3 is 2.63 bits per heavy atom. The van der Waals surface area contributed by atoms with Crippen LogP contribution in [0, 0.1) is 25.2 Å². The zero-order valence-corrected chi connectivity index (χ0v) is 13.8. The van der Waals surface area contributed by atoms with Crippen molar-refractivity contribution < 1.29 is 0 Å². The van der Waals surface area contributed by atoms with Gasteiger partial charge in [0.1, 0.15) is 10.4 Å². The fourth-order valence-electron chi connectivity index (χ4n) is 1.81. The van der Waals surface area contributed by atoms with Crippen LogP contribution in [0.1, 0.15) is 29.3 Å². The lowest BCUT2D eigenvalue weighted by atomic mass is 9.97. The molecule has 98 valence electrons. The van der Waals surface area contributed by atoms with Gasteiger partial charge in [-0.3, -0.25) is 0 Å². The summed E-state index contributed by atoms with van der Waals surface area (Å²) >= 11 is 5.11. The monoisotopic (exact) mass is 334 g/mol. The summed E-state index contributed by atoms with van der Waals surface area (Å²) in [5.74, 6) is 0. The lowest BCUT2D eigenvalue weighted by Crippen LogP contribution is -2.13. The van der Waals surface area contributed by atoms with E-state index in [0.29, 0.717) is 0 Å². The summed E-state index contributed by atoms with van der Waals surface area (Å²) in [4.78, 5) is 5.85. The summed E-state index contributed by atoms with van der Waals surface area (Å²) in [6.07, 6.45) is 0. The quantitative estimate of drug-likeness (QED) is 0.775. The van der Waals surface area contributed by atoms with E-state index in [0.717, 1.165) is 25.6 Å². The summed E-state index contributed by atoms with van der Waals surface area (Å²) in [7, 11) is 0. The minimum absolute atomic E-state index is 0.534. The van der Waals surface area contributed by atoms with E-state index in [2.05, 4.69) is 48.0 Å². The van der Waals surface area contributed by atoms with Crippen LogP contribution in [0.2, 0.25) is 0 Å². The van der Waals surface area contributed by atoms with Crippen molar-refractivity contribution in [3.05, 3.63) is 38.1 Å². The van der Waals surface area contributed by atoms with Crippen molar-refractivity contribution >= 4 is 27.3 Å². The molecule has 2 rings (SSSR count). The van der Waals surface area contributed by atoms with Gasteiger partial charge >= 0.3 is 0 Å². The average Bonchev–Trinajstić information content (AvgIpc) is 2.75. The Morgan fingerprint density at radius 2 is 2.00 bits per heavy atom. The molecule has 0 radical (unpaired) electrons. The van der Waals surface area contributed by atoms with Crippen LogP contribution in [0.15, 0.2) is 22.7 Å². The van der Waals surface area contributed by atoms with Crippen molar-refractivity contribution in [3.63, 3.8) is 0 Å². The zero-order chi connectivity index (χ0) is 14.2. The number of benzene rings is 1. The Balaban J connectivity index is 2.59. The van der Waals surface area contributed by atoms with Gasteiger partial charge in [0.15, 0.2) is 0 Å². The molecule has 0 saturated heterocycles. The van der Waals surface area contributed by atoms with E-state index in [1.807, 2.05) is 19.9 Å². The Hall–Kier alpha value is -1.18. The molecule has 0 bridgehead atoms. The summed E-state index contributed by atoms with van der Waals surface area (Å²) < 4.78 is 1.04. The van der Waals surface area contributed by atoms with E-state index in [4.69, 9.17) is 4.98 Å². The number of aromatic nitrogens is 1. The molecule has 0 amide bonds. The van der Waals surface area contributed by atoms with Crippen LogP contribution in [0.5, 0.6) is 0 Å². The molecule has 0 saturated carbocycles. The lowest BCUT2D eigenvalue weighted by Gasteiger charge is -2.10. The third-order valence-corrected chi connectivity index (χ3v) is 4.85. The molecule has 0 spiro atoms. The topological polar surface area (TPSA) is 36.7 Å². The second kappa shape index (κ2) is 5.07. The van der Waals surface area contributed by atoms with E-state index in [1.165, 1.54) is 5.56 Å². The van der Waals surface area contributed by atoms with Gasteiger partial charge in [-0.25, -0.2) is 4.98 Å². The number of rotatable bonds is 2. The second-order valence-corrected chi connectivity index (χ2v) is 7.24. The molecule has 4 heteroatoms. The summed E-state index contributed by atoms with van der Waals surface area (Å²) in [5, 5.41) is 10.1. The molecule has 0 fully saturated rings. The van der Waals surface area contributed by atoms with Crippen molar-refractivity contribution in [2.24, 2.45) is 0 Å². The van der Waals surface area contributed by atoms with Gasteiger partial charge in [0.05, 0.1) is 11.8 Å². The number of hydrogen-bond acceptors (Lipinski definition) is 3. The summed E-state index contributed by atoms with van der Waals surface area (Å²) in [6, 6.07) is 8.50. The van der Waals surface area contributed by atoms with Crippen molar-refractivity contribution in [3.8, 4) is 17.3 Å². The molecule has 0 aliphatic carbocycles. The number of thiazole rings is 1. The number of hydrogen-bond donors (Lipinski definition) is 0. The average molecular weight is 335 g/mol. The van der Waals surface area contributed by atoms with Gasteiger partial charge in [-0.2, -0.15) is 5.26 Å². The highest BCUT2D eigenvalue weighted by Gasteiger charge is 2.25. The summed E-state index contributed by atoms with van der Waals surface area (Å²) in [6.45, 7) is 7.95. The molecule has 1 heterocycles. The van der Waals surface area contributed by atoms with Gasteiger partial charge in [0, 0.05) is 14.9 Å². The van der Waals surface area contributed by atoms with Gasteiger partial charge in [0.25, 0.3) is 0 Å². The second-order valence-electron chi connectivity index (χ2n) is 5.12. The standard InChI is InChI=1S/C15H15BrN2S/c1-9-5-6-11(16)7-12(9)13-10(2)19-14(18-13)15(3,4)8-17/h5-7H,1-4H3. The first-order chi connectivity index (χ1) is 8.85. The normalized spacial score (nSPS) is 11.4. The fraction of sp³-hybridized carbons (Fsp3) is 0.333. The first-order valence-electron chi connectivity index (χ1n) is 6.01. The first-order valence-corrected chi connectivity index (χ1v) is 7.62. The van der Waals surface area contributed by atoms with E-state index < -0.39 is 5.41 Å². The van der Waals surface area contributed by atoms with E-state index in [1.54, 1.807) is 11.3 Å². The molecular formula is C15H15BrN2S. The smallest absolute Gasteiger partial charge is 0.113 e. The summed E-state index contributed by atoms with van der Waals surface area (Å²) in [5.41, 5.74) is 2.77. The van der Waals surface area contributed by atoms with Gasteiger partial charge < -0.3 is 0 Å². The largest absolute Gasteiger partial charge is 0.239 e.